The van der Waals surface area contributed by atoms with Gasteiger partial charge in [-0.2, -0.15) is 0 Å². The maximum Gasteiger partial charge on any atom is 0.261 e. The zero-order valence-corrected chi connectivity index (χ0v) is 17.6. The maximum atomic E-state index is 13.2. The molecule has 0 aliphatic carbocycles. The fourth-order valence-electron chi connectivity index (χ4n) is 3.78. The number of aryl methyl sites for hydroxylation is 3. The SMILES string of the molecule is CCc1cccc(CC)c1NC(=O)c1c(C)n(Cc2ccccc2)c(C)cc1=O. The van der Waals surface area contributed by atoms with E-state index < -0.39 is 0 Å². The van der Waals surface area contributed by atoms with E-state index in [1.165, 1.54) is 0 Å². The highest BCUT2D eigenvalue weighted by atomic mass is 16.2. The summed E-state index contributed by atoms with van der Waals surface area (Å²) in [6, 6.07) is 17.6. The Kier molecular flexibility index (Phi) is 6.32. The Bertz CT molecular complexity index is 1060. The summed E-state index contributed by atoms with van der Waals surface area (Å²) in [4.78, 5) is 25.9. The van der Waals surface area contributed by atoms with Gasteiger partial charge in [-0.05, 0) is 43.4 Å². The van der Waals surface area contributed by atoms with Crippen LogP contribution < -0.4 is 10.7 Å². The topological polar surface area (TPSA) is 51.1 Å². The largest absolute Gasteiger partial charge is 0.344 e. The fraction of sp³-hybridized carbons (Fsp3) is 0.280. The molecular weight excluding hydrogens is 360 g/mol. The lowest BCUT2D eigenvalue weighted by Crippen LogP contribution is -2.27. The van der Waals surface area contributed by atoms with Crippen molar-refractivity contribution in [3.63, 3.8) is 0 Å². The quantitative estimate of drug-likeness (QED) is 0.654. The molecule has 0 aliphatic rings. The third kappa shape index (κ3) is 4.32. The first kappa shape index (κ1) is 20.6. The average molecular weight is 389 g/mol. The van der Waals surface area contributed by atoms with Gasteiger partial charge in [0.15, 0.2) is 5.43 Å². The minimum Gasteiger partial charge on any atom is -0.344 e. The van der Waals surface area contributed by atoms with Gasteiger partial charge in [0.1, 0.15) is 5.56 Å². The smallest absolute Gasteiger partial charge is 0.261 e. The number of amides is 1. The first-order valence-corrected chi connectivity index (χ1v) is 10.1. The van der Waals surface area contributed by atoms with Crippen molar-refractivity contribution in [1.29, 1.82) is 0 Å². The second-order valence-electron chi connectivity index (χ2n) is 7.29. The van der Waals surface area contributed by atoms with Crippen molar-refractivity contribution in [1.82, 2.24) is 4.57 Å². The summed E-state index contributed by atoms with van der Waals surface area (Å²) in [7, 11) is 0. The average Bonchev–Trinajstić information content (AvgIpc) is 2.71. The van der Waals surface area contributed by atoms with Crippen molar-refractivity contribution < 1.29 is 4.79 Å². The molecule has 0 saturated heterocycles. The van der Waals surface area contributed by atoms with Crippen molar-refractivity contribution in [2.75, 3.05) is 5.32 Å². The maximum absolute atomic E-state index is 13.2. The van der Waals surface area contributed by atoms with Gasteiger partial charge in [-0.15, -0.1) is 0 Å². The molecule has 1 aromatic heterocycles. The molecule has 3 aromatic rings. The third-order valence-electron chi connectivity index (χ3n) is 5.43. The highest BCUT2D eigenvalue weighted by Crippen LogP contribution is 2.23. The molecular formula is C25H28N2O2. The molecule has 150 valence electrons. The summed E-state index contributed by atoms with van der Waals surface area (Å²) in [6.07, 6.45) is 1.63. The van der Waals surface area contributed by atoms with E-state index in [9.17, 15) is 9.59 Å². The van der Waals surface area contributed by atoms with Crippen LogP contribution in [0, 0.1) is 13.8 Å². The van der Waals surface area contributed by atoms with Gasteiger partial charge >= 0.3 is 0 Å². The Labute approximate surface area is 172 Å². The number of rotatable bonds is 6. The van der Waals surface area contributed by atoms with Crippen molar-refractivity contribution in [3.05, 3.63) is 98.5 Å². The molecule has 0 fully saturated rings. The van der Waals surface area contributed by atoms with Crippen LogP contribution >= 0.6 is 0 Å². The van der Waals surface area contributed by atoms with Gasteiger partial charge in [0, 0.05) is 29.7 Å². The minimum atomic E-state index is -0.343. The number of nitrogens with one attached hydrogen (secondary N) is 1. The molecule has 29 heavy (non-hydrogen) atoms. The van der Waals surface area contributed by atoms with Crippen molar-refractivity contribution in [3.8, 4) is 0 Å². The lowest BCUT2D eigenvalue weighted by atomic mass is 10.0. The molecule has 1 N–H and O–H groups in total. The second-order valence-corrected chi connectivity index (χ2v) is 7.29. The van der Waals surface area contributed by atoms with E-state index in [-0.39, 0.29) is 16.9 Å². The fourth-order valence-corrected chi connectivity index (χ4v) is 3.78. The monoisotopic (exact) mass is 388 g/mol. The van der Waals surface area contributed by atoms with E-state index in [2.05, 4.69) is 19.2 Å². The molecule has 0 aliphatic heterocycles. The standard InChI is InChI=1S/C25H28N2O2/c1-5-20-13-10-14-21(6-2)24(20)26-25(29)23-18(4)27(17(3)15-22(23)28)16-19-11-8-7-9-12-19/h7-15H,5-6,16H2,1-4H3,(H,26,29). The normalized spacial score (nSPS) is 10.8. The lowest BCUT2D eigenvalue weighted by Gasteiger charge is -2.19. The third-order valence-corrected chi connectivity index (χ3v) is 5.43. The van der Waals surface area contributed by atoms with Crippen LogP contribution in [0.2, 0.25) is 0 Å². The Morgan fingerprint density at radius 2 is 1.55 bits per heavy atom. The van der Waals surface area contributed by atoms with Gasteiger partial charge in [-0.1, -0.05) is 62.4 Å². The Morgan fingerprint density at radius 1 is 0.931 bits per heavy atom. The van der Waals surface area contributed by atoms with E-state index in [0.717, 1.165) is 40.9 Å². The van der Waals surface area contributed by atoms with E-state index in [0.29, 0.717) is 12.2 Å². The van der Waals surface area contributed by atoms with Gasteiger partial charge in [-0.3, -0.25) is 9.59 Å². The first-order chi connectivity index (χ1) is 14.0. The summed E-state index contributed by atoms with van der Waals surface area (Å²) < 4.78 is 2.03. The molecule has 0 saturated carbocycles. The summed E-state index contributed by atoms with van der Waals surface area (Å²) in [6.45, 7) is 8.49. The predicted molar refractivity (Wildman–Crippen MR) is 119 cm³/mol. The van der Waals surface area contributed by atoms with Crippen molar-refractivity contribution >= 4 is 11.6 Å². The number of pyridine rings is 1. The molecule has 1 heterocycles. The van der Waals surface area contributed by atoms with Crippen molar-refractivity contribution in [2.24, 2.45) is 0 Å². The van der Waals surface area contributed by atoms with E-state index in [1.807, 2.05) is 66.9 Å². The number of anilines is 1. The highest BCUT2D eigenvalue weighted by Gasteiger charge is 2.19. The highest BCUT2D eigenvalue weighted by molar-refractivity contribution is 6.05. The van der Waals surface area contributed by atoms with Crippen LogP contribution in [-0.4, -0.2) is 10.5 Å². The van der Waals surface area contributed by atoms with Gasteiger partial charge < -0.3 is 9.88 Å². The molecule has 1 amide bonds. The van der Waals surface area contributed by atoms with Crippen LogP contribution in [0.3, 0.4) is 0 Å². The molecule has 2 aromatic carbocycles. The van der Waals surface area contributed by atoms with Crippen LogP contribution in [0.25, 0.3) is 0 Å². The Morgan fingerprint density at radius 3 is 2.14 bits per heavy atom. The van der Waals surface area contributed by atoms with Gasteiger partial charge in [0.2, 0.25) is 0 Å². The molecule has 0 bridgehead atoms. The van der Waals surface area contributed by atoms with Crippen LogP contribution in [0.1, 0.15) is 52.3 Å². The molecule has 3 rings (SSSR count). The predicted octanol–water partition coefficient (Wildman–Crippen LogP) is 4.89. The van der Waals surface area contributed by atoms with Gasteiger partial charge in [0.25, 0.3) is 5.91 Å². The molecule has 4 nitrogen and oxygen atoms in total. The second kappa shape index (κ2) is 8.91. The Hall–Kier alpha value is -3.14. The van der Waals surface area contributed by atoms with E-state index in [4.69, 9.17) is 0 Å². The summed E-state index contributed by atoms with van der Waals surface area (Å²) in [5.41, 5.74) is 5.60. The van der Waals surface area contributed by atoms with Crippen LogP contribution in [0.5, 0.6) is 0 Å². The molecule has 0 atom stereocenters. The molecule has 0 unspecified atom stereocenters. The van der Waals surface area contributed by atoms with E-state index >= 15 is 0 Å². The number of carbonyl (C=O) groups excluding carboxylic acids is 1. The number of benzene rings is 2. The Balaban J connectivity index is 2.02. The minimum absolute atomic E-state index is 0.208. The number of nitrogens with zero attached hydrogens (tertiary/aromatic N) is 1. The number of para-hydroxylation sites is 1. The van der Waals surface area contributed by atoms with Gasteiger partial charge in [0.05, 0.1) is 0 Å². The van der Waals surface area contributed by atoms with E-state index in [1.54, 1.807) is 6.07 Å². The zero-order valence-electron chi connectivity index (χ0n) is 17.6. The molecule has 4 heteroatoms. The summed E-state index contributed by atoms with van der Waals surface area (Å²) >= 11 is 0. The van der Waals surface area contributed by atoms with Crippen LogP contribution in [0.15, 0.2) is 59.4 Å². The number of hydrogen-bond acceptors (Lipinski definition) is 2. The number of carbonyl (C=O) groups is 1. The van der Waals surface area contributed by atoms with Crippen molar-refractivity contribution in [2.45, 2.75) is 47.1 Å². The number of hydrogen-bond donors (Lipinski definition) is 1. The van der Waals surface area contributed by atoms with Gasteiger partial charge in [-0.25, -0.2) is 0 Å². The zero-order chi connectivity index (χ0) is 21.0. The summed E-state index contributed by atoms with van der Waals surface area (Å²) in [5, 5.41) is 3.04. The lowest BCUT2D eigenvalue weighted by molar-refractivity contribution is 0.102. The molecule has 0 radical (unpaired) electrons. The van der Waals surface area contributed by atoms with Crippen LogP contribution in [-0.2, 0) is 19.4 Å². The summed E-state index contributed by atoms with van der Waals surface area (Å²) in [5.74, 6) is -0.343. The first-order valence-electron chi connectivity index (χ1n) is 10.1. The van der Waals surface area contributed by atoms with Crippen LogP contribution in [0.4, 0.5) is 5.69 Å². The molecule has 0 spiro atoms. The number of aromatic nitrogens is 1.